The zero-order valence-corrected chi connectivity index (χ0v) is 20.8. The molecule has 4 heterocycles. The molecule has 7 nitrogen and oxygen atoms in total. The van der Waals surface area contributed by atoms with Gasteiger partial charge in [0.2, 0.25) is 5.91 Å². The van der Waals surface area contributed by atoms with Gasteiger partial charge in [0.1, 0.15) is 4.88 Å². The molecule has 0 bridgehead atoms. The molecule has 1 saturated heterocycles. The van der Waals surface area contributed by atoms with E-state index >= 15 is 0 Å². The first-order chi connectivity index (χ1) is 17.5. The second-order valence-electron chi connectivity index (χ2n) is 9.56. The fraction of sp³-hybridized carbons (Fsp3) is 0.250. The predicted octanol–water partition coefficient (Wildman–Crippen LogP) is 5.08. The van der Waals surface area contributed by atoms with Crippen molar-refractivity contribution in [1.82, 2.24) is 9.88 Å². The van der Waals surface area contributed by atoms with E-state index in [0.717, 1.165) is 59.3 Å². The standard InChI is InChI=1S/C28H27N5O2S/c1-33-13-10-28(11-14-33)21-16-19(6-7-23(21)32-27(28)35)31-26(34)25-24(9-15-36-25)30-17-18-8-12-29-22-5-3-2-4-20(18)22/h2-9,12,15-16,30H,10-11,13-14,17H2,1H3,(H,31,34)(H,32,35). The second kappa shape index (κ2) is 9.04. The summed E-state index contributed by atoms with van der Waals surface area (Å²) in [5.74, 6) is -0.0933. The summed E-state index contributed by atoms with van der Waals surface area (Å²) in [4.78, 5) is 33.5. The maximum Gasteiger partial charge on any atom is 0.267 e. The van der Waals surface area contributed by atoms with Gasteiger partial charge in [-0.05, 0) is 85.9 Å². The van der Waals surface area contributed by atoms with Crippen molar-refractivity contribution in [1.29, 1.82) is 0 Å². The lowest BCUT2D eigenvalue weighted by molar-refractivity contribution is -0.122. The number of hydrogen-bond donors (Lipinski definition) is 3. The van der Waals surface area contributed by atoms with Crippen LogP contribution in [0.15, 0.2) is 66.2 Å². The van der Waals surface area contributed by atoms with Crippen LogP contribution in [0.3, 0.4) is 0 Å². The van der Waals surface area contributed by atoms with E-state index in [9.17, 15) is 9.59 Å². The van der Waals surface area contributed by atoms with Gasteiger partial charge >= 0.3 is 0 Å². The van der Waals surface area contributed by atoms with E-state index in [1.807, 2.05) is 60.1 Å². The van der Waals surface area contributed by atoms with Gasteiger partial charge in [-0.3, -0.25) is 14.6 Å². The van der Waals surface area contributed by atoms with Crippen molar-refractivity contribution in [3.8, 4) is 0 Å². The van der Waals surface area contributed by atoms with Crippen LogP contribution in [-0.4, -0.2) is 41.8 Å². The lowest BCUT2D eigenvalue weighted by Gasteiger charge is -2.36. The Kier molecular flexibility index (Phi) is 5.70. The van der Waals surface area contributed by atoms with Crippen LogP contribution in [0.2, 0.25) is 0 Å². The molecule has 2 aromatic carbocycles. The molecule has 6 rings (SSSR count). The quantitative estimate of drug-likeness (QED) is 0.358. The van der Waals surface area contributed by atoms with E-state index in [0.29, 0.717) is 17.1 Å². The summed E-state index contributed by atoms with van der Waals surface area (Å²) in [5.41, 5.74) is 4.91. The number of aromatic nitrogens is 1. The lowest BCUT2D eigenvalue weighted by Crippen LogP contribution is -2.45. The highest BCUT2D eigenvalue weighted by molar-refractivity contribution is 7.12. The zero-order chi connectivity index (χ0) is 24.7. The van der Waals surface area contributed by atoms with E-state index in [1.165, 1.54) is 11.3 Å². The Morgan fingerprint density at radius 3 is 2.83 bits per heavy atom. The smallest absolute Gasteiger partial charge is 0.267 e. The van der Waals surface area contributed by atoms with E-state index in [1.54, 1.807) is 0 Å². The minimum Gasteiger partial charge on any atom is -0.380 e. The number of nitrogens with zero attached hydrogens (tertiary/aromatic N) is 2. The van der Waals surface area contributed by atoms with Crippen LogP contribution in [-0.2, 0) is 16.8 Å². The molecule has 0 atom stereocenters. The number of para-hydroxylation sites is 1. The van der Waals surface area contributed by atoms with Crippen molar-refractivity contribution in [3.05, 3.63) is 82.2 Å². The average Bonchev–Trinajstić information content (AvgIpc) is 3.47. The first-order valence-electron chi connectivity index (χ1n) is 12.1. The molecule has 0 radical (unpaired) electrons. The molecule has 0 unspecified atom stereocenters. The molecule has 182 valence electrons. The van der Waals surface area contributed by atoms with E-state index < -0.39 is 5.41 Å². The van der Waals surface area contributed by atoms with E-state index in [2.05, 4.69) is 38.9 Å². The number of likely N-dealkylation sites (tertiary alicyclic amines) is 1. The summed E-state index contributed by atoms with van der Waals surface area (Å²) in [6.07, 6.45) is 3.37. The summed E-state index contributed by atoms with van der Waals surface area (Å²) in [6.45, 7) is 2.34. The van der Waals surface area contributed by atoms with Crippen LogP contribution in [0.1, 0.15) is 33.6 Å². The van der Waals surface area contributed by atoms with Gasteiger partial charge < -0.3 is 20.9 Å². The van der Waals surface area contributed by atoms with Crippen molar-refractivity contribution in [2.75, 3.05) is 36.1 Å². The van der Waals surface area contributed by atoms with Crippen LogP contribution >= 0.6 is 11.3 Å². The maximum absolute atomic E-state index is 13.3. The molecule has 2 aliphatic rings. The Hall–Kier alpha value is -3.75. The van der Waals surface area contributed by atoms with Crippen molar-refractivity contribution in [3.63, 3.8) is 0 Å². The Balaban J connectivity index is 1.20. The maximum atomic E-state index is 13.3. The largest absolute Gasteiger partial charge is 0.380 e. The molecule has 1 fully saturated rings. The number of amides is 2. The lowest BCUT2D eigenvalue weighted by atomic mass is 9.73. The van der Waals surface area contributed by atoms with Gasteiger partial charge in [-0.1, -0.05) is 18.2 Å². The first kappa shape index (κ1) is 22.7. The molecular weight excluding hydrogens is 470 g/mol. The van der Waals surface area contributed by atoms with Crippen molar-refractivity contribution in [2.45, 2.75) is 24.8 Å². The number of benzene rings is 2. The summed E-state index contributed by atoms with van der Waals surface area (Å²) >= 11 is 1.40. The van der Waals surface area contributed by atoms with E-state index in [-0.39, 0.29) is 11.8 Å². The highest BCUT2D eigenvalue weighted by atomic mass is 32.1. The molecule has 3 N–H and O–H groups in total. The Morgan fingerprint density at radius 1 is 1.14 bits per heavy atom. The fourth-order valence-electron chi connectivity index (χ4n) is 5.30. The highest BCUT2D eigenvalue weighted by Gasteiger charge is 2.48. The third-order valence-corrected chi connectivity index (χ3v) is 8.31. The van der Waals surface area contributed by atoms with Gasteiger partial charge in [0, 0.05) is 29.5 Å². The monoisotopic (exact) mass is 497 g/mol. The summed E-state index contributed by atoms with van der Waals surface area (Å²) in [7, 11) is 2.08. The normalized spacial score (nSPS) is 16.6. The molecule has 2 amide bonds. The van der Waals surface area contributed by atoms with Crippen LogP contribution in [0.25, 0.3) is 10.9 Å². The fourth-order valence-corrected chi connectivity index (χ4v) is 6.07. The number of pyridine rings is 1. The number of hydrogen-bond acceptors (Lipinski definition) is 6. The molecule has 1 spiro atoms. The molecule has 2 aliphatic heterocycles. The number of carbonyl (C=O) groups excluding carboxylic acids is 2. The number of piperidine rings is 1. The van der Waals surface area contributed by atoms with Gasteiger partial charge in [-0.15, -0.1) is 11.3 Å². The Bertz CT molecular complexity index is 1470. The van der Waals surface area contributed by atoms with Crippen LogP contribution in [0, 0.1) is 0 Å². The molecule has 2 aromatic heterocycles. The van der Waals surface area contributed by atoms with Crippen molar-refractivity contribution >= 4 is 51.1 Å². The van der Waals surface area contributed by atoms with Gasteiger partial charge in [0.25, 0.3) is 5.91 Å². The summed E-state index contributed by atoms with van der Waals surface area (Å²) in [6, 6.07) is 17.7. The molecule has 0 saturated carbocycles. The minimum atomic E-state index is -0.508. The molecule has 36 heavy (non-hydrogen) atoms. The molecule has 0 aliphatic carbocycles. The first-order valence-corrected chi connectivity index (χ1v) is 13.0. The van der Waals surface area contributed by atoms with Crippen molar-refractivity contribution in [2.24, 2.45) is 0 Å². The van der Waals surface area contributed by atoms with Crippen molar-refractivity contribution < 1.29 is 9.59 Å². The Morgan fingerprint density at radius 2 is 1.97 bits per heavy atom. The summed E-state index contributed by atoms with van der Waals surface area (Å²) in [5, 5.41) is 12.6. The third-order valence-electron chi connectivity index (χ3n) is 7.40. The van der Waals surface area contributed by atoms with Crippen LogP contribution < -0.4 is 16.0 Å². The number of anilines is 3. The number of rotatable bonds is 5. The second-order valence-corrected chi connectivity index (χ2v) is 10.5. The molecular formula is C28H27N5O2S. The third kappa shape index (κ3) is 3.92. The summed E-state index contributed by atoms with van der Waals surface area (Å²) < 4.78 is 0. The zero-order valence-electron chi connectivity index (χ0n) is 20.0. The number of thiophene rings is 1. The number of carbonyl (C=O) groups is 2. The minimum absolute atomic E-state index is 0.0717. The SMILES string of the molecule is CN1CCC2(CC1)C(=O)Nc1ccc(NC(=O)c3sccc3NCc3ccnc4ccccc34)cc12. The molecule has 8 heteroatoms. The number of fused-ring (bicyclic) bond motifs is 3. The highest BCUT2D eigenvalue weighted by Crippen LogP contribution is 2.45. The van der Waals surface area contributed by atoms with Crippen LogP contribution in [0.4, 0.5) is 17.1 Å². The van der Waals surface area contributed by atoms with Gasteiger partial charge in [0.05, 0.1) is 16.6 Å². The number of nitrogens with one attached hydrogen (secondary N) is 3. The predicted molar refractivity (Wildman–Crippen MR) is 145 cm³/mol. The van der Waals surface area contributed by atoms with Gasteiger partial charge in [-0.25, -0.2) is 0 Å². The topological polar surface area (TPSA) is 86.4 Å². The average molecular weight is 498 g/mol. The van der Waals surface area contributed by atoms with Crippen LogP contribution in [0.5, 0.6) is 0 Å². The van der Waals surface area contributed by atoms with Gasteiger partial charge in [0.15, 0.2) is 0 Å². The molecule has 4 aromatic rings. The van der Waals surface area contributed by atoms with E-state index in [4.69, 9.17) is 0 Å². The Labute approximate surface area is 213 Å². The van der Waals surface area contributed by atoms with Gasteiger partial charge in [-0.2, -0.15) is 0 Å².